The van der Waals surface area contributed by atoms with Crippen molar-refractivity contribution in [1.82, 2.24) is 0 Å². The maximum absolute atomic E-state index is 13.7. The van der Waals surface area contributed by atoms with Crippen molar-refractivity contribution in [3.05, 3.63) is 64.1 Å². The predicted molar refractivity (Wildman–Crippen MR) is 87.0 cm³/mol. The highest BCUT2D eigenvalue weighted by molar-refractivity contribution is 6.31. The molecule has 1 aliphatic rings. The van der Waals surface area contributed by atoms with E-state index < -0.39 is 11.8 Å². The summed E-state index contributed by atoms with van der Waals surface area (Å²) in [7, 11) is 0. The number of esters is 1. The van der Waals surface area contributed by atoms with Gasteiger partial charge >= 0.3 is 5.97 Å². The standard InChI is InChI=1S/C18H12ClFO5/c19-13-1-2-15-10(3-13)6-16(25-15)18(21)23-8-12-5-14(20)4-11-7-22-9-24-17(11)12/h1-6H,7-9H2. The number of carbonyl (C=O) groups excluding carboxylic acids is 1. The molecule has 25 heavy (non-hydrogen) atoms. The Morgan fingerprint density at radius 3 is 3.00 bits per heavy atom. The lowest BCUT2D eigenvalue weighted by Crippen LogP contribution is -2.14. The molecule has 128 valence electrons. The van der Waals surface area contributed by atoms with Gasteiger partial charge in [0.1, 0.15) is 23.8 Å². The van der Waals surface area contributed by atoms with Gasteiger partial charge in [0, 0.05) is 21.5 Å². The molecule has 4 rings (SSSR count). The first-order valence-electron chi connectivity index (χ1n) is 7.48. The van der Waals surface area contributed by atoms with Crippen LogP contribution < -0.4 is 4.74 Å². The molecule has 0 N–H and O–H groups in total. The molecule has 0 saturated heterocycles. The van der Waals surface area contributed by atoms with E-state index in [-0.39, 0.29) is 25.8 Å². The highest BCUT2D eigenvalue weighted by Gasteiger charge is 2.20. The third kappa shape index (κ3) is 3.18. The Kier molecular flexibility index (Phi) is 4.07. The second-order valence-electron chi connectivity index (χ2n) is 5.53. The number of hydrogen-bond donors (Lipinski definition) is 0. The molecule has 0 fully saturated rings. The van der Waals surface area contributed by atoms with Crippen molar-refractivity contribution in [2.24, 2.45) is 0 Å². The van der Waals surface area contributed by atoms with Gasteiger partial charge in [-0.1, -0.05) is 11.6 Å². The number of benzene rings is 2. The lowest BCUT2D eigenvalue weighted by atomic mass is 10.1. The minimum atomic E-state index is -0.655. The van der Waals surface area contributed by atoms with Crippen LogP contribution in [0.25, 0.3) is 11.0 Å². The van der Waals surface area contributed by atoms with Crippen LogP contribution in [-0.2, 0) is 22.7 Å². The fourth-order valence-electron chi connectivity index (χ4n) is 2.69. The average molecular weight is 363 g/mol. The van der Waals surface area contributed by atoms with E-state index in [1.54, 1.807) is 24.3 Å². The molecule has 2 heterocycles. The molecular formula is C18H12ClFO5. The van der Waals surface area contributed by atoms with Gasteiger partial charge in [0.05, 0.1) is 6.61 Å². The molecule has 5 nitrogen and oxygen atoms in total. The first kappa shape index (κ1) is 15.9. The zero-order valence-corrected chi connectivity index (χ0v) is 13.6. The topological polar surface area (TPSA) is 57.9 Å². The van der Waals surface area contributed by atoms with Gasteiger partial charge < -0.3 is 18.6 Å². The van der Waals surface area contributed by atoms with E-state index in [0.717, 1.165) is 0 Å². The largest absolute Gasteiger partial charge is 0.467 e. The van der Waals surface area contributed by atoms with E-state index in [4.69, 9.17) is 30.2 Å². The third-order valence-corrected chi connectivity index (χ3v) is 4.03. The van der Waals surface area contributed by atoms with E-state index in [0.29, 0.717) is 32.9 Å². The molecule has 0 unspecified atom stereocenters. The van der Waals surface area contributed by atoms with Crippen molar-refractivity contribution in [1.29, 1.82) is 0 Å². The van der Waals surface area contributed by atoms with Crippen LogP contribution >= 0.6 is 11.6 Å². The molecule has 0 spiro atoms. The van der Waals surface area contributed by atoms with Gasteiger partial charge in [0.25, 0.3) is 0 Å². The van der Waals surface area contributed by atoms with E-state index >= 15 is 0 Å². The molecule has 0 bridgehead atoms. The molecule has 0 amide bonds. The van der Waals surface area contributed by atoms with Gasteiger partial charge in [-0.3, -0.25) is 0 Å². The molecule has 1 aromatic heterocycles. The van der Waals surface area contributed by atoms with Gasteiger partial charge in [-0.05, 0) is 36.4 Å². The Balaban J connectivity index is 1.54. The highest BCUT2D eigenvalue weighted by Crippen LogP contribution is 2.30. The smallest absolute Gasteiger partial charge is 0.374 e. The molecule has 1 aliphatic heterocycles. The van der Waals surface area contributed by atoms with Crippen LogP contribution in [-0.4, -0.2) is 12.8 Å². The van der Waals surface area contributed by atoms with Crippen LogP contribution in [0.2, 0.25) is 5.02 Å². The number of hydrogen-bond acceptors (Lipinski definition) is 5. The number of carbonyl (C=O) groups is 1. The predicted octanol–water partition coefficient (Wildman–Crippen LogP) is 4.45. The number of furan rings is 1. The normalized spacial score (nSPS) is 13.4. The molecule has 2 aromatic carbocycles. The molecule has 0 radical (unpaired) electrons. The van der Waals surface area contributed by atoms with Gasteiger partial charge in [-0.15, -0.1) is 0 Å². The second kappa shape index (κ2) is 6.38. The first-order chi connectivity index (χ1) is 12.1. The van der Waals surface area contributed by atoms with Gasteiger partial charge in [-0.2, -0.15) is 0 Å². The van der Waals surface area contributed by atoms with Crippen molar-refractivity contribution in [2.75, 3.05) is 6.79 Å². The van der Waals surface area contributed by atoms with Gasteiger partial charge in [0.15, 0.2) is 6.79 Å². The molecule has 0 saturated carbocycles. The zero-order chi connectivity index (χ0) is 17.4. The van der Waals surface area contributed by atoms with Crippen LogP contribution in [0.4, 0.5) is 4.39 Å². The Morgan fingerprint density at radius 2 is 2.12 bits per heavy atom. The summed E-state index contributed by atoms with van der Waals surface area (Å²) in [6.45, 7) is 0.180. The molecule has 0 atom stereocenters. The van der Waals surface area contributed by atoms with E-state index in [1.807, 2.05) is 0 Å². The fraction of sp³-hybridized carbons (Fsp3) is 0.167. The minimum Gasteiger partial charge on any atom is -0.467 e. The Labute approximate surface area is 146 Å². The Hall–Kier alpha value is -2.57. The lowest BCUT2D eigenvalue weighted by Gasteiger charge is -2.20. The van der Waals surface area contributed by atoms with Crippen LogP contribution in [0, 0.1) is 5.82 Å². The maximum atomic E-state index is 13.7. The summed E-state index contributed by atoms with van der Waals surface area (Å²) in [5.74, 6) is -0.571. The van der Waals surface area contributed by atoms with E-state index in [1.165, 1.54) is 12.1 Å². The number of fused-ring (bicyclic) bond motifs is 2. The summed E-state index contributed by atoms with van der Waals surface area (Å²) in [4.78, 5) is 12.2. The average Bonchev–Trinajstić information content (AvgIpc) is 3.02. The number of halogens is 2. The first-order valence-corrected chi connectivity index (χ1v) is 7.86. The summed E-state index contributed by atoms with van der Waals surface area (Å²) < 4.78 is 34.9. The van der Waals surface area contributed by atoms with E-state index in [2.05, 4.69) is 0 Å². The highest BCUT2D eigenvalue weighted by atomic mass is 35.5. The lowest BCUT2D eigenvalue weighted by molar-refractivity contribution is -0.0183. The van der Waals surface area contributed by atoms with Crippen LogP contribution in [0.5, 0.6) is 5.75 Å². The quantitative estimate of drug-likeness (QED) is 0.644. The zero-order valence-electron chi connectivity index (χ0n) is 12.9. The molecule has 3 aromatic rings. The summed E-state index contributed by atoms with van der Waals surface area (Å²) in [6.07, 6.45) is 0. The maximum Gasteiger partial charge on any atom is 0.374 e. The van der Waals surface area contributed by atoms with Gasteiger partial charge in [-0.25, -0.2) is 9.18 Å². The van der Waals surface area contributed by atoms with Crippen molar-refractivity contribution >= 4 is 28.5 Å². The minimum absolute atomic E-state index is 0.0480. The number of rotatable bonds is 3. The molecule has 7 heteroatoms. The van der Waals surface area contributed by atoms with Crippen molar-refractivity contribution < 1.29 is 27.8 Å². The number of ether oxygens (including phenoxy) is 3. The molecule has 0 aliphatic carbocycles. The fourth-order valence-corrected chi connectivity index (χ4v) is 2.87. The second-order valence-corrected chi connectivity index (χ2v) is 5.97. The monoisotopic (exact) mass is 362 g/mol. The SMILES string of the molecule is O=C(OCc1cc(F)cc2c1OCOC2)c1cc2cc(Cl)ccc2o1. The van der Waals surface area contributed by atoms with Crippen LogP contribution in [0.3, 0.4) is 0 Å². The molecular weight excluding hydrogens is 351 g/mol. The van der Waals surface area contributed by atoms with Crippen molar-refractivity contribution in [2.45, 2.75) is 13.2 Å². The summed E-state index contributed by atoms with van der Waals surface area (Å²) in [5.41, 5.74) is 1.54. The van der Waals surface area contributed by atoms with Crippen molar-refractivity contribution in [3.8, 4) is 5.75 Å². The third-order valence-electron chi connectivity index (χ3n) is 3.79. The summed E-state index contributed by atoms with van der Waals surface area (Å²) in [6, 6.07) is 9.19. The Morgan fingerprint density at radius 1 is 1.24 bits per heavy atom. The van der Waals surface area contributed by atoms with Gasteiger partial charge in [0.2, 0.25) is 5.76 Å². The Bertz CT molecular complexity index is 965. The summed E-state index contributed by atoms with van der Waals surface area (Å²) in [5, 5.41) is 1.24. The van der Waals surface area contributed by atoms with Crippen LogP contribution in [0.1, 0.15) is 21.7 Å². The van der Waals surface area contributed by atoms with Crippen LogP contribution in [0.15, 0.2) is 40.8 Å². The van der Waals surface area contributed by atoms with Crippen molar-refractivity contribution in [3.63, 3.8) is 0 Å². The van der Waals surface area contributed by atoms with E-state index in [9.17, 15) is 9.18 Å². The summed E-state index contributed by atoms with van der Waals surface area (Å²) >= 11 is 5.91.